The zero-order chi connectivity index (χ0) is 18.0. The molecule has 24 heavy (non-hydrogen) atoms. The summed E-state index contributed by atoms with van der Waals surface area (Å²) in [5.74, 6) is -0.484. The van der Waals surface area contributed by atoms with Crippen LogP contribution < -0.4 is 14.4 Å². The zero-order valence-corrected chi connectivity index (χ0v) is 13.4. The van der Waals surface area contributed by atoms with Crippen LogP contribution in [-0.4, -0.2) is 38.8 Å². The number of nitrogens with one attached hydrogen (secondary N) is 1. The summed E-state index contributed by atoms with van der Waals surface area (Å²) in [6.07, 6.45) is -2.61. The van der Waals surface area contributed by atoms with Crippen LogP contribution in [0.25, 0.3) is 0 Å². The average molecular weight is 362 g/mol. The number of hydrogen-bond acceptors (Lipinski definition) is 6. The fourth-order valence-electron chi connectivity index (χ4n) is 1.70. The standard InChI is InChI=1S/C13H13F3N4O3S/c1-20(2)12-17-7-9(8-18-12)19-24(21,22)11-6-4-3-5-10(11)23-13(14,15)16/h3-8,19H,1-2H3. The molecule has 0 aliphatic heterocycles. The van der Waals surface area contributed by atoms with Crippen LogP contribution in [0.15, 0.2) is 41.6 Å². The van der Waals surface area contributed by atoms with Crippen molar-refractivity contribution in [2.45, 2.75) is 11.3 Å². The lowest BCUT2D eigenvalue weighted by atomic mass is 10.3. The first kappa shape index (κ1) is 17.8. The summed E-state index contributed by atoms with van der Waals surface area (Å²) >= 11 is 0. The lowest BCUT2D eigenvalue weighted by Crippen LogP contribution is -2.21. The summed E-state index contributed by atoms with van der Waals surface area (Å²) in [5, 5.41) is 0. The molecule has 0 unspecified atom stereocenters. The number of nitrogens with zero attached hydrogens (tertiary/aromatic N) is 3. The number of halogens is 3. The Hall–Kier alpha value is -2.56. The van der Waals surface area contributed by atoms with E-state index in [-0.39, 0.29) is 5.69 Å². The maximum absolute atomic E-state index is 12.4. The van der Waals surface area contributed by atoms with Crippen LogP contribution in [0.4, 0.5) is 24.8 Å². The number of ether oxygens (including phenoxy) is 1. The Balaban J connectivity index is 2.31. The number of anilines is 2. The summed E-state index contributed by atoms with van der Waals surface area (Å²) in [4.78, 5) is 8.78. The third-order valence-electron chi connectivity index (χ3n) is 2.65. The van der Waals surface area contributed by atoms with Crippen molar-refractivity contribution in [2.24, 2.45) is 0 Å². The predicted molar refractivity (Wildman–Crippen MR) is 80.3 cm³/mol. The number of rotatable bonds is 5. The van der Waals surface area contributed by atoms with Crippen molar-refractivity contribution in [3.05, 3.63) is 36.7 Å². The van der Waals surface area contributed by atoms with Gasteiger partial charge in [0.15, 0.2) is 0 Å². The van der Waals surface area contributed by atoms with Gasteiger partial charge in [0.25, 0.3) is 10.0 Å². The van der Waals surface area contributed by atoms with Crippen LogP contribution in [0, 0.1) is 0 Å². The van der Waals surface area contributed by atoms with E-state index in [2.05, 4.69) is 19.4 Å². The van der Waals surface area contributed by atoms with E-state index in [4.69, 9.17) is 0 Å². The minimum atomic E-state index is -5.01. The topological polar surface area (TPSA) is 84.4 Å². The molecule has 2 rings (SSSR count). The van der Waals surface area contributed by atoms with Crippen LogP contribution in [0.2, 0.25) is 0 Å². The van der Waals surface area contributed by atoms with Gasteiger partial charge in [-0.05, 0) is 12.1 Å². The van der Waals surface area contributed by atoms with Gasteiger partial charge in [-0.2, -0.15) is 0 Å². The second-order valence-corrected chi connectivity index (χ2v) is 6.42. The molecule has 0 amide bonds. The van der Waals surface area contributed by atoms with Gasteiger partial charge in [-0.15, -0.1) is 13.2 Å². The lowest BCUT2D eigenvalue weighted by molar-refractivity contribution is -0.275. The van der Waals surface area contributed by atoms with E-state index in [1.807, 2.05) is 0 Å². The summed E-state index contributed by atoms with van der Waals surface area (Å²) in [5.41, 5.74) is 0.00223. The fraction of sp³-hybridized carbons (Fsp3) is 0.231. The van der Waals surface area contributed by atoms with Gasteiger partial charge in [-0.1, -0.05) is 12.1 Å². The Labute approximate surface area is 136 Å². The van der Waals surface area contributed by atoms with Gasteiger partial charge in [0, 0.05) is 14.1 Å². The number of hydrogen-bond donors (Lipinski definition) is 1. The third-order valence-corrected chi connectivity index (χ3v) is 4.08. The molecule has 0 aliphatic carbocycles. The first-order valence-corrected chi connectivity index (χ1v) is 7.94. The Morgan fingerprint density at radius 2 is 1.71 bits per heavy atom. The number of benzene rings is 1. The van der Waals surface area contributed by atoms with Crippen LogP contribution in [0.1, 0.15) is 0 Å². The predicted octanol–water partition coefficient (Wildman–Crippen LogP) is 2.24. The van der Waals surface area contributed by atoms with Crippen molar-refractivity contribution in [3.63, 3.8) is 0 Å². The Morgan fingerprint density at radius 1 is 1.12 bits per heavy atom. The van der Waals surface area contributed by atoms with Gasteiger partial charge in [-0.25, -0.2) is 18.4 Å². The Kier molecular flexibility index (Phi) is 4.83. The number of alkyl halides is 3. The van der Waals surface area contributed by atoms with E-state index in [1.165, 1.54) is 24.5 Å². The third kappa shape index (κ3) is 4.47. The number of sulfonamides is 1. The fourth-order valence-corrected chi connectivity index (χ4v) is 2.85. The van der Waals surface area contributed by atoms with Crippen LogP contribution in [-0.2, 0) is 10.0 Å². The molecule has 1 aromatic heterocycles. The van der Waals surface area contributed by atoms with Crippen molar-refractivity contribution in [3.8, 4) is 5.75 Å². The number of para-hydroxylation sites is 1. The van der Waals surface area contributed by atoms with Crippen molar-refractivity contribution >= 4 is 21.7 Å². The lowest BCUT2D eigenvalue weighted by Gasteiger charge is -2.14. The van der Waals surface area contributed by atoms with Gasteiger partial charge in [-0.3, -0.25) is 4.72 Å². The van der Waals surface area contributed by atoms with Crippen LogP contribution >= 0.6 is 0 Å². The second kappa shape index (κ2) is 6.51. The molecule has 0 bridgehead atoms. The molecule has 11 heteroatoms. The van der Waals surface area contributed by atoms with Gasteiger partial charge in [0.05, 0.1) is 18.1 Å². The number of aromatic nitrogens is 2. The molecule has 2 aromatic rings. The molecule has 0 spiro atoms. The molecule has 0 saturated carbocycles. The van der Waals surface area contributed by atoms with Crippen molar-refractivity contribution < 1.29 is 26.3 Å². The van der Waals surface area contributed by atoms with E-state index in [0.29, 0.717) is 5.95 Å². The average Bonchev–Trinajstić information content (AvgIpc) is 2.46. The van der Waals surface area contributed by atoms with Crippen molar-refractivity contribution in [2.75, 3.05) is 23.7 Å². The van der Waals surface area contributed by atoms with Crippen LogP contribution in [0.5, 0.6) is 5.75 Å². The molecule has 0 aliphatic rings. The van der Waals surface area contributed by atoms with Crippen molar-refractivity contribution in [1.82, 2.24) is 9.97 Å². The highest BCUT2D eigenvalue weighted by molar-refractivity contribution is 7.92. The molecule has 0 radical (unpaired) electrons. The maximum atomic E-state index is 12.4. The van der Waals surface area contributed by atoms with Crippen molar-refractivity contribution in [1.29, 1.82) is 0 Å². The normalized spacial score (nSPS) is 11.9. The van der Waals surface area contributed by atoms with E-state index >= 15 is 0 Å². The molecule has 0 fully saturated rings. The van der Waals surface area contributed by atoms with E-state index in [9.17, 15) is 21.6 Å². The SMILES string of the molecule is CN(C)c1ncc(NS(=O)(=O)c2ccccc2OC(F)(F)F)cn1. The summed E-state index contributed by atoms with van der Waals surface area (Å²) in [7, 11) is -0.921. The molecule has 1 aromatic carbocycles. The van der Waals surface area contributed by atoms with Gasteiger partial charge < -0.3 is 9.64 Å². The Bertz CT molecular complexity index is 808. The molecule has 0 saturated heterocycles. The van der Waals surface area contributed by atoms with Gasteiger partial charge in [0.1, 0.15) is 10.6 Å². The molecular weight excluding hydrogens is 349 g/mol. The van der Waals surface area contributed by atoms with Gasteiger partial charge >= 0.3 is 6.36 Å². The summed E-state index contributed by atoms with van der Waals surface area (Å²) in [6, 6.07) is 4.42. The minimum Gasteiger partial charge on any atom is -0.404 e. The molecule has 1 N–H and O–H groups in total. The minimum absolute atomic E-state index is 0.00223. The first-order chi connectivity index (χ1) is 11.1. The highest BCUT2D eigenvalue weighted by atomic mass is 32.2. The van der Waals surface area contributed by atoms with E-state index < -0.39 is 27.0 Å². The Morgan fingerprint density at radius 3 is 2.25 bits per heavy atom. The molecule has 130 valence electrons. The summed E-state index contributed by atoms with van der Waals surface area (Å²) in [6.45, 7) is 0. The monoisotopic (exact) mass is 362 g/mol. The second-order valence-electron chi connectivity index (χ2n) is 4.77. The van der Waals surface area contributed by atoms with E-state index in [1.54, 1.807) is 19.0 Å². The molecule has 0 atom stereocenters. The smallest absolute Gasteiger partial charge is 0.404 e. The molecular formula is C13H13F3N4O3S. The van der Waals surface area contributed by atoms with E-state index in [0.717, 1.165) is 12.1 Å². The largest absolute Gasteiger partial charge is 0.573 e. The van der Waals surface area contributed by atoms with Gasteiger partial charge in [0.2, 0.25) is 5.95 Å². The maximum Gasteiger partial charge on any atom is 0.573 e. The molecule has 1 heterocycles. The highest BCUT2D eigenvalue weighted by Crippen LogP contribution is 2.30. The summed E-state index contributed by atoms with van der Waals surface area (Å²) < 4.78 is 67.6. The zero-order valence-electron chi connectivity index (χ0n) is 12.6. The first-order valence-electron chi connectivity index (χ1n) is 6.45. The quantitative estimate of drug-likeness (QED) is 0.878. The molecule has 7 nitrogen and oxygen atoms in total. The highest BCUT2D eigenvalue weighted by Gasteiger charge is 2.34. The van der Waals surface area contributed by atoms with Crippen LogP contribution in [0.3, 0.4) is 0 Å².